The van der Waals surface area contributed by atoms with Gasteiger partial charge in [0.25, 0.3) is 0 Å². The number of carbonyl (C=O) groups excluding carboxylic acids is 2. The Morgan fingerprint density at radius 3 is 2.42 bits per heavy atom. The molecular weight excluding hydrogens is 304 g/mol. The van der Waals surface area contributed by atoms with Gasteiger partial charge >= 0.3 is 0 Å². The number of hydrogen-bond donors (Lipinski definition) is 3. The normalized spacial score (nSPS) is 10.5. The first kappa shape index (κ1) is 17.5. The van der Waals surface area contributed by atoms with E-state index in [9.17, 15) is 9.59 Å². The molecule has 0 atom stereocenters. The number of benzene rings is 1. The van der Waals surface area contributed by atoms with Crippen LogP contribution in [-0.2, 0) is 22.6 Å². The molecule has 0 fully saturated rings. The molecule has 126 valence electrons. The van der Waals surface area contributed by atoms with Gasteiger partial charge in [0.2, 0.25) is 11.8 Å². The Bertz CT molecular complexity index is 694. The molecule has 0 aliphatic carbocycles. The number of nitrogens with zero attached hydrogens (tertiary/aromatic N) is 1. The average molecular weight is 326 g/mol. The molecule has 0 unspecified atom stereocenters. The Kier molecular flexibility index (Phi) is 5.89. The predicted octanol–water partition coefficient (Wildman–Crippen LogP) is 2.12. The summed E-state index contributed by atoms with van der Waals surface area (Å²) in [6, 6.07) is 10.9. The van der Waals surface area contributed by atoms with Gasteiger partial charge in [-0.25, -0.2) is 0 Å². The van der Waals surface area contributed by atoms with Crippen LogP contribution in [0.2, 0.25) is 0 Å². The van der Waals surface area contributed by atoms with Crippen molar-refractivity contribution < 1.29 is 9.59 Å². The SMILES string of the molecule is CC(C)C(=O)Nc1ccc(CNC(=O)Cc2ccc(N)cn2)cc1. The number of amides is 2. The second-order valence-corrected chi connectivity index (χ2v) is 5.88. The Balaban J connectivity index is 1.82. The van der Waals surface area contributed by atoms with Crippen molar-refractivity contribution in [3.63, 3.8) is 0 Å². The quantitative estimate of drug-likeness (QED) is 0.757. The molecule has 0 saturated heterocycles. The number of hydrogen-bond acceptors (Lipinski definition) is 4. The lowest BCUT2D eigenvalue weighted by molar-refractivity contribution is -0.120. The van der Waals surface area contributed by atoms with Crippen molar-refractivity contribution >= 4 is 23.2 Å². The first-order chi connectivity index (χ1) is 11.4. The minimum atomic E-state index is -0.107. The first-order valence-corrected chi connectivity index (χ1v) is 7.81. The van der Waals surface area contributed by atoms with Gasteiger partial charge in [-0.05, 0) is 29.8 Å². The van der Waals surface area contributed by atoms with Crippen molar-refractivity contribution in [1.29, 1.82) is 0 Å². The molecule has 2 amide bonds. The van der Waals surface area contributed by atoms with Gasteiger partial charge in [-0.1, -0.05) is 26.0 Å². The lowest BCUT2D eigenvalue weighted by Gasteiger charge is -2.09. The monoisotopic (exact) mass is 326 g/mol. The largest absolute Gasteiger partial charge is 0.397 e. The molecule has 2 rings (SSSR count). The number of carbonyl (C=O) groups is 2. The number of nitrogens with one attached hydrogen (secondary N) is 2. The number of aromatic nitrogens is 1. The summed E-state index contributed by atoms with van der Waals surface area (Å²) in [4.78, 5) is 27.6. The van der Waals surface area contributed by atoms with Gasteiger partial charge in [0.1, 0.15) is 0 Å². The van der Waals surface area contributed by atoms with Crippen LogP contribution in [0, 0.1) is 5.92 Å². The third kappa shape index (κ3) is 5.39. The summed E-state index contributed by atoms with van der Waals surface area (Å²) in [7, 11) is 0. The standard InChI is InChI=1S/C18H22N4O2/c1-12(2)18(24)22-15-6-3-13(4-7-15)10-21-17(23)9-16-8-5-14(19)11-20-16/h3-8,11-12H,9-10,19H2,1-2H3,(H,21,23)(H,22,24). The van der Waals surface area contributed by atoms with Crippen LogP contribution in [0.1, 0.15) is 25.1 Å². The van der Waals surface area contributed by atoms with Gasteiger partial charge in [-0.3, -0.25) is 14.6 Å². The van der Waals surface area contributed by atoms with Crippen LogP contribution in [0.5, 0.6) is 0 Å². The fourth-order valence-electron chi connectivity index (χ4n) is 1.96. The predicted molar refractivity (Wildman–Crippen MR) is 94.1 cm³/mol. The van der Waals surface area contributed by atoms with Crippen molar-refractivity contribution in [3.05, 3.63) is 53.9 Å². The highest BCUT2D eigenvalue weighted by atomic mass is 16.2. The Morgan fingerprint density at radius 2 is 1.83 bits per heavy atom. The van der Waals surface area contributed by atoms with E-state index in [0.717, 1.165) is 11.3 Å². The molecule has 6 heteroatoms. The number of nitrogens with two attached hydrogens (primary N) is 1. The van der Waals surface area contributed by atoms with Crippen LogP contribution < -0.4 is 16.4 Å². The Labute approximate surface area is 141 Å². The van der Waals surface area contributed by atoms with Gasteiger partial charge in [-0.15, -0.1) is 0 Å². The number of pyridine rings is 1. The zero-order valence-corrected chi connectivity index (χ0v) is 13.9. The highest BCUT2D eigenvalue weighted by Gasteiger charge is 2.07. The van der Waals surface area contributed by atoms with Crippen LogP contribution in [-0.4, -0.2) is 16.8 Å². The highest BCUT2D eigenvalue weighted by Crippen LogP contribution is 2.11. The van der Waals surface area contributed by atoms with Crippen LogP contribution >= 0.6 is 0 Å². The molecule has 2 aromatic rings. The lowest BCUT2D eigenvalue weighted by atomic mass is 10.1. The third-order valence-electron chi connectivity index (χ3n) is 3.42. The molecule has 1 aromatic carbocycles. The lowest BCUT2D eigenvalue weighted by Crippen LogP contribution is -2.25. The molecular formula is C18H22N4O2. The highest BCUT2D eigenvalue weighted by molar-refractivity contribution is 5.92. The van der Waals surface area contributed by atoms with E-state index in [1.165, 1.54) is 6.20 Å². The van der Waals surface area contributed by atoms with Crippen LogP contribution in [0.3, 0.4) is 0 Å². The van der Waals surface area contributed by atoms with Crippen LogP contribution in [0.25, 0.3) is 0 Å². The summed E-state index contributed by atoms with van der Waals surface area (Å²) in [5, 5.41) is 5.67. The summed E-state index contributed by atoms with van der Waals surface area (Å²) in [5.41, 5.74) is 8.51. The second-order valence-electron chi connectivity index (χ2n) is 5.88. The second kappa shape index (κ2) is 8.10. The Morgan fingerprint density at radius 1 is 1.12 bits per heavy atom. The van der Waals surface area contributed by atoms with E-state index in [0.29, 0.717) is 17.9 Å². The van der Waals surface area contributed by atoms with E-state index in [-0.39, 0.29) is 24.2 Å². The molecule has 0 radical (unpaired) electrons. The van der Waals surface area contributed by atoms with E-state index in [4.69, 9.17) is 5.73 Å². The molecule has 6 nitrogen and oxygen atoms in total. The summed E-state index contributed by atoms with van der Waals surface area (Å²) in [5.74, 6) is -0.192. The van der Waals surface area contributed by atoms with Gasteiger partial charge in [-0.2, -0.15) is 0 Å². The number of anilines is 2. The smallest absolute Gasteiger partial charge is 0.226 e. The van der Waals surface area contributed by atoms with Crippen molar-refractivity contribution in [2.24, 2.45) is 5.92 Å². The van der Waals surface area contributed by atoms with Crippen molar-refractivity contribution in [3.8, 4) is 0 Å². The maximum absolute atomic E-state index is 11.9. The van der Waals surface area contributed by atoms with E-state index < -0.39 is 0 Å². The van der Waals surface area contributed by atoms with Crippen molar-refractivity contribution in [2.45, 2.75) is 26.8 Å². The van der Waals surface area contributed by atoms with Crippen molar-refractivity contribution in [1.82, 2.24) is 10.3 Å². The van der Waals surface area contributed by atoms with Gasteiger partial charge in [0.05, 0.1) is 18.3 Å². The summed E-state index contributed by atoms with van der Waals surface area (Å²) in [6.07, 6.45) is 1.75. The summed E-state index contributed by atoms with van der Waals surface area (Å²) >= 11 is 0. The first-order valence-electron chi connectivity index (χ1n) is 7.81. The molecule has 1 aromatic heterocycles. The molecule has 0 bridgehead atoms. The maximum Gasteiger partial charge on any atom is 0.226 e. The average Bonchev–Trinajstić information content (AvgIpc) is 2.56. The van der Waals surface area contributed by atoms with E-state index in [1.54, 1.807) is 12.1 Å². The minimum Gasteiger partial charge on any atom is -0.397 e. The molecule has 4 N–H and O–H groups in total. The summed E-state index contributed by atoms with van der Waals surface area (Å²) < 4.78 is 0. The zero-order chi connectivity index (χ0) is 17.5. The fourth-order valence-corrected chi connectivity index (χ4v) is 1.96. The Hall–Kier alpha value is -2.89. The molecule has 24 heavy (non-hydrogen) atoms. The van der Waals surface area contributed by atoms with Crippen LogP contribution in [0.4, 0.5) is 11.4 Å². The van der Waals surface area contributed by atoms with Gasteiger partial charge in [0, 0.05) is 23.8 Å². The van der Waals surface area contributed by atoms with E-state index in [2.05, 4.69) is 15.6 Å². The zero-order valence-electron chi connectivity index (χ0n) is 13.9. The minimum absolute atomic E-state index is 0.0212. The van der Waals surface area contributed by atoms with Gasteiger partial charge < -0.3 is 16.4 Å². The molecule has 0 aliphatic heterocycles. The molecule has 1 heterocycles. The third-order valence-corrected chi connectivity index (χ3v) is 3.42. The van der Waals surface area contributed by atoms with Crippen LogP contribution in [0.15, 0.2) is 42.6 Å². The molecule has 0 spiro atoms. The van der Waals surface area contributed by atoms with E-state index >= 15 is 0 Å². The molecule has 0 saturated carbocycles. The number of nitrogen functional groups attached to an aromatic ring is 1. The van der Waals surface area contributed by atoms with Crippen molar-refractivity contribution in [2.75, 3.05) is 11.1 Å². The fraction of sp³-hybridized carbons (Fsp3) is 0.278. The number of rotatable bonds is 6. The van der Waals surface area contributed by atoms with E-state index in [1.807, 2.05) is 38.1 Å². The molecule has 0 aliphatic rings. The maximum atomic E-state index is 11.9. The summed E-state index contributed by atoms with van der Waals surface area (Å²) in [6.45, 7) is 4.11. The van der Waals surface area contributed by atoms with Gasteiger partial charge in [0.15, 0.2) is 0 Å². The topological polar surface area (TPSA) is 97.1 Å².